The number of phenols is 1. The first-order valence-corrected chi connectivity index (χ1v) is 31.3. The Hall–Kier alpha value is -11.6. The highest BCUT2D eigenvalue weighted by Crippen LogP contribution is 2.44. The number of hydrogen-bond donors (Lipinski definition) is 16. The highest BCUT2D eigenvalue weighted by molar-refractivity contribution is 8.00. The number of nitrogens with one attached hydrogen (secondary N) is 8. The molecular weight excluding hydrogens is 1350 g/mol. The Morgan fingerprint density at radius 1 is 0.640 bits per heavy atom. The maximum Gasteiger partial charge on any atom is 0.336 e. The summed E-state index contributed by atoms with van der Waals surface area (Å²) in [6.07, 6.45) is -3.55. The number of thioether (sulfide) groups is 1. The number of anilines is 1. The Balaban J connectivity index is 0.991. The van der Waals surface area contributed by atoms with Gasteiger partial charge in [0.05, 0.1) is 29.5 Å². The van der Waals surface area contributed by atoms with E-state index in [0.717, 1.165) is 42.5 Å². The van der Waals surface area contributed by atoms with E-state index in [2.05, 4.69) is 31.9 Å². The Kier molecular flexibility index (Phi) is 27.1. The van der Waals surface area contributed by atoms with Gasteiger partial charge in [-0.2, -0.15) is 0 Å². The Morgan fingerprint density at radius 2 is 1.27 bits per heavy atom. The van der Waals surface area contributed by atoms with Crippen LogP contribution >= 0.6 is 11.8 Å². The summed E-state index contributed by atoms with van der Waals surface area (Å²) in [5, 5.41) is 84.4. The van der Waals surface area contributed by atoms with Crippen LogP contribution in [0.3, 0.4) is 0 Å². The summed E-state index contributed by atoms with van der Waals surface area (Å²) in [5.41, 5.74) is 3.63. The van der Waals surface area contributed by atoms with Gasteiger partial charge in [-0.05, 0) is 60.6 Å². The zero-order chi connectivity index (χ0) is 74.0. The zero-order valence-corrected chi connectivity index (χ0v) is 53.7. The predicted octanol–water partition coefficient (Wildman–Crippen LogP) is 0.0571. The number of carboxylic acids is 6. The number of urea groups is 1. The molecule has 1 aliphatic carbocycles. The molecule has 17 N–H and O–H groups in total. The van der Waals surface area contributed by atoms with Crippen LogP contribution in [-0.2, 0) is 68.7 Å². The number of phenolic OH excluding ortho intramolecular Hbond substituents is 1. The van der Waals surface area contributed by atoms with Gasteiger partial charge in [-0.15, -0.1) is 11.8 Å². The van der Waals surface area contributed by atoms with Gasteiger partial charge in [0.1, 0.15) is 47.6 Å². The van der Waals surface area contributed by atoms with Crippen molar-refractivity contribution in [1.29, 1.82) is 0 Å². The number of carbonyl (C=O) groups excluding carboxylic acids is 9. The Labute approximate surface area is 567 Å². The number of imide groups is 1. The van der Waals surface area contributed by atoms with Crippen molar-refractivity contribution in [3.63, 3.8) is 0 Å². The molecule has 1 saturated heterocycles. The van der Waals surface area contributed by atoms with Gasteiger partial charge in [-0.1, -0.05) is 50.2 Å². The van der Waals surface area contributed by atoms with Crippen molar-refractivity contribution in [3.8, 4) is 28.2 Å². The average molecular weight is 1420 g/mol. The fourth-order valence-electron chi connectivity index (χ4n) is 10.1. The molecule has 34 nitrogen and oxygen atoms in total. The van der Waals surface area contributed by atoms with Crippen LogP contribution in [0.1, 0.15) is 74.7 Å². The Morgan fingerprint density at radius 3 is 1.89 bits per heavy atom. The van der Waals surface area contributed by atoms with Crippen molar-refractivity contribution in [2.24, 2.45) is 17.6 Å². The Bertz CT molecular complexity index is 4070. The van der Waals surface area contributed by atoms with Gasteiger partial charge in [0.15, 0.2) is 17.4 Å². The number of aliphatic carboxylic acids is 5. The molecule has 2 aliphatic heterocycles. The number of fused-ring (bicyclic) bond motifs is 2. The molecule has 0 radical (unpaired) electrons. The van der Waals surface area contributed by atoms with Crippen molar-refractivity contribution < 1.29 is 121 Å². The third-order valence-electron chi connectivity index (χ3n) is 15.7. The molecule has 6 rings (SSSR count). The van der Waals surface area contributed by atoms with Crippen molar-refractivity contribution in [2.75, 3.05) is 30.3 Å². The molecule has 2 heterocycles. The number of amides is 10. The second kappa shape index (κ2) is 35.0. The lowest BCUT2D eigenvalue weighted by Crippen LogP contribution is -2.57. The number of carboxylic acid groups (broad SMARTS) is 6. The first-order valence-electron chi connectivity index (χ1n) is 30.3. The van der Waals surface area contributed by atoms with Crippen molar-refractivity contribution in [3.05, 3.63) is 106 Å². The first kappa shape index (κ1) is 77.4. The minimum Gasteiger partial charge on any atom is -0.505 e. The molecule has 534 valence electrons. The van der Waals surface area contributed by atoms with Gasteiger partial charge >= 0.3 is 41.8 Å². The molecule has 3 aromatic carbocycles. The fourth-order valence-corrected chi connectivity index (χ4v) is 11.2. The van der Waals surface area contributed by atoms with E-state index in [9.17, 15) is 116 Å². The topological polar surface area (TPSA) is 553 Å². The fraction of sp³-hybridized carbons (Fsp3) is 0.365. The second-order valence-electron chi connectivity index (χ2n) is 22.9. The lowest BCUT2D eigenvalue weighted by atomic mass is 9.90. The number of nitrogens with zero attached hydrogens (tertiary/aromatic N) is 1. The zero-order valence-electron chi connectivity index (χ0n) is 52.9. The molecule has 3 aliphatic rings. The number of nitrogens with two attached hydrogens (primary N) is 1. The van der Waals surface area contributed by atoms with E-state index in [-0.39, 0.29) is 58.5 Å². The van der Waals surface area contributed by atoms with Crippen LogP contribution in [0.15, 0.2) is 82.0 Å². The molecule has 37 heteroatoms. The van der Waals surface area contributed by atoms with Crippen LogP contribution < -0.4 is 58.6 Å². The smallest absolute Gasteiger partial charge is 0.336 e. The van der Waals surface area contributed by atoms with E-state index < -0.39 is 228 Å². The molecule has 9 atom stereocenters. The molecule has 1 fully saturated rings. The second-order valence-corrected chi connectivity index (χ2v) is 24.1. The molecule has 9 unspecified atom stereocenters. The minimum absolute atomic E-state index is 0.00866. The molecule has 0 saturated carbocycles. The largest absolute Gasteiger partial charge is 0.505 e. The summed E-state index contributed by atoms with van der Waals surface area (Å²) < 4.78 is 35.2. The van der Waals surface area contributed by atoms with E-state index in [1.54, 1.807) is 44.2 Å². The highest BCUT2D eigenvalue weighted by Gasteiger charge is 2.42. The van der Waals surface area contributed by atoms with Crippen LogP contribution in [0.25, 0.3) is 33.4 Å². The molecule has 10 amide bonds. The van der Waals surface area contributed by atoms with E-state index in [1.807, 2.05) is 10.6 Å². The lowest BCUT2D eigenvalue weighted by molar-refractivity contribution is -0.143. The number of benzene rings is 4. The summed E-state index contributed by atoms with van der Waals surface area (Å²) in [5.74, 6) is -22.6. The lowest BCUT2D eigenvalue weighted by Gasteiger charge is -2.24. The molecule has 0 aromatic heterocycles. The van der Waals surface area contributed by atoms with Crippen molar-refractivity contribution in [2.45, 2.75) is 107 Å². The number of carbonyl (C=O) groups is 15. The van der Waals surface area contributed by atoms with Gasteiger partial charge in [0, 0.05) is 79.1 Å². The molecule has 100 heavy (non-hydrogen) atoms. The van der Waals surface area contributed by atoms with Crippen LogP contribution in [-0.4, -0.2) is 192 Å². The van der Waals surface area contributed by atoms with Crippen LogP contribution in [0.5, 0.6) is 5.75 Å². The third kappa shape index (κ3) is 21.2. The predicted molar refractivity (Wildman–Crippen MR) is 343 cm³/mol. The van der Waals surface area contributed by atoms with Gasteiger partial charge in [-0.3, -0.25) is 52.7 Å². The monoisotopic (exact) mass is 1420 g/mol. The molecule has 3 aromatic rings. The first-order chi connectivity index (χ1) is 47.1. The van der Waals surface area contributed by atoms with Gasteiger partial charge in [0.25, 0.3) is 0 Å². The quantitative estimate of drug-likeness (QED) is 0.0186. The standard InChI is InChI=1S/C63H68F2N10O24S/c1-27(14-15-67-48(78)12-10-38(60(92)93)73-63(98)74-39(61(94)95)11-13-51(81)82)28(2)54(85)70-40(16-29-6-4-3-5-7-29)56(87)69-25-49(79)68-24-37(66)55(86)71-41(20-52(83)84)57(88)72-42(62(96)97)26-100-47-23-50(80)75(58(47)89)30-8-9-31(32(17-30)59(90)91)53-33-18-35(64)43(76)21-45(33)99-46-22-44(77)36(65)19-34(46)53/h3-9,17-19,21-22,27-28,37-42,47,76H,10-16,20,23-26,66H2,1-2H3,(H,67,78)(H,68,79)(H,69,87)(H,70,85)(H,71,86)(H,72,88)(H,81,82)(H,83,84)(H,90,91)(H,92,93)(H,94,95)(H,96,97)(H2,73,74,98). The SMILES string of the molecule is CC(CCNC(=O)CCC(NC(=O)NC(CCC(=O)O)C(=O)O)C(=O)O)C(C)C(=O)NC(Cc1ccccc1)C(=O)NCC(=O)NCC(N)C(=O)NC(CC(=O)O)C(=O)NC(CSC1CC(=O)N(c2ccc(-c3c4cc(F)c(=O)cc-4oc4cc(O)c(F)cc34)c(C(=O)O)c2)C1=O)C(=O)O. The van der Waals surface area contributed by atoms with E-state index in [1.165, 1.54) is 0 Å². The maximum absolute atomic E-state index is 14.8. The third-order valence-corrected chi connectivity index (χ3v) is 17.0. The maximum atomic E-state index is 14.8. The summed E-state index contributed by atoms with van der Waals surface area (Å²) in [4.78, 5) is 203. The summed E-state index contributed by atoms with van der Waals surface area (Å²) in [7, 11) is 0. The van der Waals surface area contributed by atoms with Crippen LogP contribution in [0.4, 0.5) is 19.3 Å². The number of aromatic hydroxyl groups is 1. The number of aromatic carboxylic acids is 1. The van der Waals surface area contributed by atoms with Crippen molar-refractivity contribution in [1.82, 2.24) is 42.5 Å². The van der Waals surface area contributed by atoms with Gasteiger partial charge in [-0.25, -0.2) is 37.7 Å². The van der Waals surface area contributed by atoms with E-state index >= 15 is 0 Å². The van der Waals surface area contributed by atoms with Gasteiger partial charge in [0.2, 0.25) is 52.7 Å². The summed E-state index contributed by atoms with van der Waals surface area (Å²) in [6, 6.07) is 3.18. The normalized spacial score (nSPS) is 15.1. The number of rotatable bonds is 36. The number of hydrogen-bond acceptors (Lipinski definition) is 20. The molecule has 0 bridgehead atoms. The average Bonchev–Trinajstić information content (AvgIpc) is 0.858. The summed E-state index contributed by atoms with van der Waals surface area (Å²) >= 11 is 0.558. The van der Waals surface area contributed by atoms with Crippen LogP contribution in [0.2, 0.25) is 0 Å². The van der Waals surface area contributed by atoms with E-state index in [4.69, 9.17) is 15.3 Å². The highest BCUT2D eigenvalue weighted by atomic mass is 32.2. The minimum atomic E-state index is -2.01. The summed E-state index contributed by atoms with van der Waals surface area (Å²) in [6.45, 7) is 1.78. The molecule has 0 spiro atoms. The van der Waals surface area contributed by atoms with E-state index in [0.29, 0.717) is 22.2 Å². The van der Waals surface area contributed by atoms with Crippen LogP contribution in [0, 0.1) is 23.5 Å². The van der Waals surface area contributed by atoms with Gasteiger partial charge < -0.3 is 88.4 Å². The number of halogens is 2. The van der Waals surface area contributed by atoms with Crippen molar-refractivity contribution >= 4 is 118 Å². The molecular formula is C63H68F2N10O24S.